The molecule has 2 rings (SSSR count). The molecule has 3 N–H and O–H groups in total. The van der Waals surface area contributed by atoms with Crippen LogP contribution in [-0.4, -0.2) is 49.2 Å². The number of benzene rings is 1. The van der Waals surface area contributed by atoms with Crippen LogP contribution in [0.3, 0.4) is 0 Å². The van der Waals surface area contributed by atoms with Crippen molar-refractivity contribution in [1.82, 2.24) is 20.3 Å². The molecule has 0 bridgehead atoms. The van der Waals surface area contributed by atoms with Crippen molar-refractivity contribution in [2.24, 2.45) is 0 Å². The number of carboxylic acid groups (broad SMARTS) is 1. The topological polar surface area (TPSA) is 117 Å². The molecule has 0 spiro atoms. The Hall–Kier alpha value is -3.02. The summed E-state index contributed by atoms with van der Waals surface area (Å²) in [4.78, 5) is 22.8. The largest absolute Gasteiger partial charge is 0.479 e. The van der Waals surface area contributed by atoms with Crippen molar-refractivity contribution < 1.29 is 37.4 Å². The third-order valence-corrected chi connectivity index (χ3v) is 3.26. The summed E-state index contributed by atoms with van der Waals surface area (Å²) in [6, 6.07) is 4.05. The summed E-state index contributed by atoms with van der Waals surface area (Å²) in [6.45, 7) is -0.0187. The highest BCUT2D eigenvalue weighted by Crippen LogP contribution is 2.32. The molecule has 0 radical (unpaired) electrons. The number of rotatable bonds is 5. The Kier molecular flexibility index (Phi) is 4.98. The molecule has 0 aliphatic heterocycles. The smallest absolute Gasteiger partial charge is 0.435 e. The Balaban J connectivity index is 2.41. The number of hydrogen-bond acceptors (Lipinski definition) is 5. The van der Waals surface area contributed by atoms with E-state index in [0.29, 0.717) is 0 Å². The van der Waals surface area contributed by atoms with Crippen LogP contribution in [0.25, 0.3) is 5.69 Å². The van der Waals surface area contributed by atoms with E-state index < -0.39 is 47.4 Å². The molecule has 1 aromatic carbocycles. The van der Waals surface area contributed by atoms with Gasteiger partial charge >= 0.3 is 12.1 Å². The summed E-state index contributed by atoms with van der Waals surface area (Å²) in [5.41, 5.74) is -5.44. The van der Waals surface area contributed by atoms with E-state index >= 15 is 0 Å². The van der Waals surface area contributed by atoms with Gasteiger partial charge in [-0.3, -0.25) is 4.79 Å². The molecule has 0 aliphatic carbocycles. The number of amides is 1. The van der Waals surface area contributed by atoms with Crippen LogP contribution in [-0.2, 0) is 11.0 Å². The molecule has 0 saturated carbocycles. The number of carboxylic acids is 1. The number of hydrogen-bond donors (Lipinski definition) is 3. The second-order valence-corrected chi connectivity index (χ2v) is 5.44. The fourth-order valence-corrected chi connectivity index (χ4v) is 1.89. The van der Waals surface area contributed by atoms with Gasteiger partial charge in [-0.15, -0.1) is 5.10 Å². The Labute approximate surface area is 143 Å². The quantitative estimate of drug-likeness (QED) is 0.670. The van der Waals surface area contributed by atoms with Crippen LogP contribution < -0.4 is 5.32 Å². The molecule has 1 amide bonds. The molecule has 0 fully saturated rings. The van der Waals surface area contributed by atoms with E-state index in [1.807, 2.05) is 5.32 Å². The average Bonchev–Trinajstić information content (AvgIpc) is 2.98. The first-order valence-electron chi connectivity index (χ1n) is 6.96. The lowest BCUT2D eigenvalue weighted by Gasteiger charge is -2.18. The van der Waals surface area contributed by atoms with E-state index in [9.17, 15) is 32.3 Å². The summed E-state index contributed by atoms with van der Waals surface area (Å²) in [6.07, 6.45) is -5.07. The van der Waals surface area contributed by atoms with Gasteiger partial charge in [0.15, 0.2) is 17.0 Å². The molecule has 1 heterocycles. The molecule has 140 valence electrons. The normalized spacial score (nSPS) is 13.9. The summed E-state index contributed by atoms with van der Waals surface area (Å²) >= 11 is 0. The van der Waals surface area contributed by atoms with E-state index in [0.717, 1.165) is 31.2 Å². The lowest BCUT2D eigenvalue weighted by Crippen LogP contribution is -2.46. The first kappa shape index (κ1) is 19.3. The summed E-state index contributed by atoms with van der Waals surface area (Å²) < 4.78 is 53.6. The number of carbonyl (C=O) groups excluding carboxylic acids is 1. The molecule has 8 nitrogen and oxygen atoms in total. The maximum atomic E-state index is 13.4. The summed E-state index contributed by atoms with van der Waals surface area (Å²) in [5, 5.41) is 26.5. The minimum absolute atomic E-state index is 0.243. The van der Waals surface area contributed by atoms with Crippen LogP contribution in [0.5, 0.6) is 0 Å². The Morgan fingerprint density at radius 3 is 2.50 bits per heavy atom. The van der Waals surface area contributed by atoms with Gasteiger partial charge in [0.1, 0.15) is 5.82 Å². The minimum atomic E-state index is -5.07. The van der Waals surface area contributed by atoms with Gasteiger partial charge in [-0.25, -0.2) is 13.9 Å². The summed E-state index contributed by atoms with van der Waals surface area (Å²) in [7, 11) is 0. The molecule has 26 heavy (non-hydrogen) atoms. The average molecular weight is 376 g/mol. The van der Waals surface area contributed by atoms with Crippen LogP contribution in [0.4, 0.5) is 17.6 Å². The van der Waals surface area contributed by atoms with Gasteiger partial charge in [0, 0.05) is 0 Å². The molecule has 1 aromatic heterocycles. The van der Waals surface area contributed by atoms with E-state index in [1.54, 1.807) is 0 Å². The molecule has 2 aromatic rings. The van der Waals surface area contributed by atoms with E-state index in [2.05, 4.69) is 10.3 Å². The van der Waals surface area contributed by atoms with Crippen molar-refractivity contribution in [2.75, 3.05) is 6.54 Å². The first-order chi connectivity index (χ1) is 11.9. The number of aromatic nitrogens is 3. The minimum Gasteiger partial charge on any atom is -0.479 e. The molecule has 0 saturated heterocycles. The van der Waals surface area contributed by atoms with Crippen molar-refractivity contribution in [3.8, 4) is 5.69 Å². The predicted molar refractivity (Wildman–Crippen MR) is 76.9 cm³/mol. The number of nitrogens with zero attached hydrogens (tertiary/aromatic N) is 3. The Bertz CT molecular complexity index is 848. The maximum absolute atomic E-state index is 13.4. The molecule has 1 unspecified atom stereocenters. The Morgan fingerprint density at radius 1 is 1.31 bits per heavy atom. The van der Waals surface area contributed by atoms with E-state index in [-0.39, 0.29) is 10.4 Å². The van der Waals surface area contributed by atoms with Gasteiger partial charge in [0.2, 0.25) is 0 Å². The predicted octanol–water partition coefficient (Wildman–Crippen LogP) is 0.991. The number of halogens is 4. The molecule has 0 aliphatic rings. The number of aliphatic hydroxyl groups is 1. The van der Waals surface area contributed by atoms with E-state index in [4.69, 9.17) is 5.11 Å². The second kappa shape index (κ2) is 6.71. The standard InChI is InChI=1S/C14H12F4N4O4/c1-13(26,12(24)25)6-19-11(23)9-10(14(16,17)18)22(21-20-9)8-4-2-3-7(15)5-8/h2-5,26H,6H2,1H3,(H,19,23)(H,24,25). The zero-order valence-electron chi connectivity index (χ0n) is 13.1. The second-order valence-electron chi connectivity index (χ2n) is 5.44. The van der Waals surface area contributed by atoms with Crippen molar-refractivity contribution in [1.29, 1.82) is 0 Å². The lowest BCUT2D eigenvalue weighted by atomic mass is 10.1. The van der Waals surface area contributed by atoms with Gasteiger partial charge in [0.05, 0.1) is 12.2 Å². The fourth-order valence-electron chi connectivity index (χ4n) is 1.89. The highest BCUT2D eigenvalue weighted by Gasteiger charge is 2.42. The molecule has 1 atom stereocenters. The van der Waals surface area contributed by atoms with Crippen LogP contribution in [0, 0.1) is 5.82 Å². The highest BCUT2D eigenvalue weighted by atomic mass is 19.4. The number of carbonyl (C=O) groups is 2. The van der Waals surface area contributed by atoms with Gasteiger partial charge in [-0.1, -0.05) is 11.3 Å². The van der Waals surface area contributed by atoms with Crippen molar-refractivity contribution in [3.63, 3.8) is 0 Å². The third kappa shape index (κ3) is 3.96. The number of aliphatic carboxylic acids is 1. The Morgan fingerprint density at radius 2 is 1.96 bits per heavy atom. The van der Waals surface area contributed by atoms with Crippen LogP contribution in [0.15, 0.2) is 24.3 Å². The van der Waals surface area contributed by atoms with Gasteiger partial charge in [-0.05, 0) is 25.1 Å². The monoisotopic (exact) mass is 376 g/mol. The van der Waals surface area contributed by atoms with Crippen molar-refractivity contribution >= 4 is 11.9 Å². The van der Waals surface area contributed by atoms with Crippen LogP contribution in [0.1, 0.15) is 23.1 Å². The highest BCUT2D eigenvalue weighted by molar-refractivity contribution is 5.94. The molecule has 12 heteroatoms. The molecular formula is C14H12F4N4O4. The van der Waals surface area contributed by atoms with Crippen molar-refractivity contribution in [3.05, 3.63) is 41.5 Å². The van der Waals surface area contributed by atoms with Crippen LogP contribution in [0.2, 0.25) is 0 Å². The van der Waals surface area contributed by atoms with E-state index in [1.165, 1.54) is 0 Å². The number of nitrogens with one attached hydrogen (secondary N) is 1. The maximum Gasteiger partial charge on any atom is 0.435 e. The fraction of sp³-hybridized carbons (Fsp3) is 0.286. The van der Waals surface area contributed by atoms with Crippen LogP contribution >= 0.6 is 0 Å². The zero-order chi connectivity index (χ0) is 19.7. The third-order valence-electron chi connectivity index (χ3n) is 3.26. The first-order valence-corrected chi connectivity index (χ1v) is 6.96. The lowest BCUT2D eigenvalue weighted by molar-refractivity contribution is -0.155. The van der Waals surface area contributed by atoms with Gasteiger partial charge in [0.25, 0.3) is 5.91 Å². The summed E-state index contributed by atoms with van der Waals surface area (Å²) in [5.74, 6) is -3.91. The zero-order valence-corrected chi connectivity index (χ0v) is 13.1. The van der Waals surface area contributed by atoms with Gasteiger partial charge in [-0.2, -0.15) is 13.2 Å². The number of alkyl halides is 3. The SMILES string of the molecule is CC(O)(CNC(=O)c1nnn(-c2cccc(F)c2)c1C(F)(F)F)C(=O)O. The van der Waals surface area contributed by atoms with Crippen molar-refractivity contribution in [2.45, 2.75) is 18.7 Å². The molecular weight excluding hydrogens is 364 g/mol. The van der Waals surface area contributed by atoms with Gasteiger partial charge < -0.3 is 15.5 Å².